The summed E-state index contributed by atoms with van der Waals surface area (Å²) in [5.41, 5.74) is 1.38. The Morgan fingerprint density at radius 1 is 1.11 bits per heavy atom. The van der Waals surface area contributed by atoms with Crippen molar-refractivity contribution in [1.82, 2.24) is 10.2 Å². The van der Waals surface area contributed by atoms with E-state index >= 15 is 0 Å². The maximum atomic E-state index is 3.64. The van der Waals surface area contributed by atoms with Crippen LogP contribution in [-0.2, 0) is 6.54 Å². The molecule has 1 atom stereocenters. The quantitative estimate of drug-likeness (QED) is 0.759. The van der Waals surface area contributed by atoms with Crippen LogP contribution < -0.4 is 5.32 Å². The van der Waals surface area contributed by atoms with E-state index in [1.807, 2.05) is 0 Å². The first-order chi connectivity index (χ1) is 8.67. The van der Waals surface area contributed by atoms with Crippen LogP contribution in [0.5, 0.6) is 0 Å². The molecule has 2 nitrogen and oxygen atoms in total. The molecule has 0 spiro atoms. The van der Waals surface area contributed by atoms with Crippen molar-refractivity contribution in [3.05, 3.63) is 35.9 Å². The van der Waals surface area contributed by atoms with Crippen molar-refractivity contribution in [1.29, 1.82) is 0 Å². The average Bonchev–Trinajstić information content (AvgIpc) is 2.40. The molecule has 1 N–H and O–H groups in total. The monoisotopic (exact) mass is 248 g/mol. The molecule has 0 amide bonds. The molecule has 0 aromatic heterocycles. The lowest BCUT2D eigenvalue weighted by atomic mass is 10.1. The van der Waals surface area contributed by atoms with Gasteiger partial charge in [-0.1, -0.05) is 44.2 Å². The summed E-state index contributed by atoms with van der Waals surface area (Å²) in [6.45, 7) is 8.87. The van der Waals surface area contributed by atoms with Crippen LogP contribution in [-0.4, -0.2) is 30.6 Å². The van der Waals surface area contributed by atoms with Gasteiger partial charge in [0.2, 0.25) is 0 Å². The maximum Gasteiger partial charge on any atom is 0.0234 e. The zero-order valence-electron chi connectivity index (χ0n) is 12.3. The van der Waals surface area contributed by atoms with Gasteiger partial charge in [0.1, 0.15) is 0 Å². The zero-order chi connectivity index (χ0) is 13.4. The highest BCUT2D eigenvalue weighted by molar-refractivity contribution is 5.14. The molecule has 1 aromatic rings. The number of nitrogens with one attached hydrogen (secondary N) is 1. The van der Waals surface area contributed by atoms with Crippen LogP contribution in [0.1, 0.15) is 39.2 Å². The lowest BCUT2D eigenvalue weighted by molar-refractivity contribution is 0.235. The molecule has 1 rings (SSSR count). The average molecular weight is 248 g/mol. The number of likely N-dealkylation sites (N-methyl/N-ethyl adjacent to an activating group) is 1. The van der Waals surface area contributed by atoms with Gasteiger partial charge >= 0.3 is 0 Å². The summed E-state index contributed by atoms with van der Waals surface area (Å²) in [5.74, 6) is 0. The molecule has 1 aromatic carbocycles. The van der Waals surface area contributed by atoms with Gasteiger partial charge in [-0.25, -0.2) is 0 Å². The Kier molecular flexibility index (Phi) is 6.99. The first-order valence-electron chi connectivity index (χ1n) is 7.14. The Balaban J connectivity index is 2.35. The highest BCUT2D eigenvalue weighted by atomic mass is 15.1. The minimum atomic E-state index is 0.561. The lowest BCUT2D eigenvalue weighted by Crippen LogP contribution is -2.41. The summed E-state index contributed by atoms with van der Waals surface area (Å²) < 4.78 is 0. The van der Waals surface area contributed by atoms with Crippen LogP contribution in [0.4, 0.5) is 0 Å². The summed E-state index contributed by atoms with van der Waals surface area (Å²) in [6.07, 6.45) is 2.43. The van der Waals surface area contributed by atoms with Gasteiger partial charge in [0.05, 0.1) is 0 Å². The molecular weight excluding hydrogens is 220 g/mol. The predicted octanol–water partition coefficient (Wildman–Crippen LogP) is 3.29. The summed E-state index contributed by atoms with van der Waals surface area (Å²) in [5, 5.41) is 3.64. The second kappa shape index (κ2) is 8.28. The molecule has 0 saturated heterocycles. The van der Waals surface area contributed by atoms with Crippen LogP contribution in [0.25, 0.3) is 0 Å². The fourth-order valence-corrected chi connectivity index (χ4v) is 2.10. The highest BCUT2D eigenvalue weighted by Crippen LogP contribution is 2.06. The molecule has 0 saturated carbocycles. The molecule has 0 bridgehead atoms. The Morgan fingerprint density at radius 2 is 1.72 bits per heavy atom. The molecule has 102 valence electrons. The van der Waals surface area contributed by atoms with Crippen LogP contribution >= 0.6 is 0 Å². The molecule has 0 aliphatic heterocycles. The Bertz CT molecular complexity index is 306. The van der Waals surface area contributed by atoms with E-state index in [0.29, 0.717) is 12.1 Å². The van der Waals surface area contributed by atoms with Gasteiger partial charge in [-0.3, -0.25) is 4.90 Å². The van der Waals surface area contributed by atoms with Gasteiger partial charge in [-0.05, 0) is 32.4 Å². The van der Waals surface area contributed by atoms with Gasteiger partial charge in [-0.2, -0.15) is 0 Å². The van der Waals surface area contributed by atoms with Crippen molar-refractivity contribution < 1.29 is 0 Å². The van der Waals surface area contributed by atoms with E-state index in [0.717, 1.165) is 13.1 Å². The van der Waals surface area contributed by atoms with Gasteiger partial charge in [0.25, 0.3) is 0 Å². The minimum absolute atomic E-state index is 0.561. The van der Waals surface area contributed by atoms with E-state index in [1.165, 1.54) is 18.4 Å². The number of benzene rings is 1. The van der Waals surface area contributed by atoms with Crippen molar-refractivity contribution >= 4 is 0 Å². The molecule has 0 aliphatic carbocycles. The highest BCUT2D eigenvalue weighted by Gasteiger charge is 2.11. The number of hydrogen-bond acceptors (Lipinski definition) is 2. The maximum absolute atomic E-state index is 3.64. The van der Waals surface area contributed by atoms with Gasteiger partial charge in [-0.15, -0.1) is 0 Å². The fourth-order valence-electron chi connectivity index (χ4n) is 2.10. The molecule has 18 heavy (non-hydrogen) atoms. The molecule has 0 aliphatic rings. The van der Waals surface area contributed by atoms with Crippen LogP contribution in [0.2, 0.25) is 0 Å². The fraction of sp³-hybridized carbons (Fsp3) is 0.625. The van der Waals surface area contributed by atoms with Crippen molar-refractivity contribution in [3.8, 4) is 0 Å². The van der Waals surface area contributed by atoms with E-state index in [4.69, 9.17) is 0 Å². The topological polar surface area (TPSA) is 15.3 Å². The summed E-state index contributed by atoms with van der Waals surface area (Å²) in [6, 6.07) is 11.9. The van der Waals surface area contributed by atoms with Crippen molar-refractivity contribution in [2.24, 2.45) is 0 Å². The molecule has 1 unspecified atom stereocenters. The van der Waals surface area contributed by atoms with Gasteiger partial charge < -0.3 is 5.32 Å². The predicted molar refractivity (Wildman–Crippen MR) is 79.7 cm³/mol. The van der Waals surface area contributed by atoms with E-state index in [2.05, 4.69) is 68.4 Å². The molecule has 2 heteroatoms. The first-order valence-corrected chi connectivity index (χ1v) is 7.14. The number of rotatable bonds is 8. The second-order valence-electron chi connectivity index (χ2n) is 5.17. The molecular formula is C16H28N2. The van der Waals surface area contributed by atoms with E-state index in [-0.39, 0.29) is 0 Å². The first kappa shape index (κ1) is 15.2. The van der Waals surface area contributed by atoms with E-state index < -0.39 is 0 Å². The lowest BCUT2D eigenvalue weighted by Gasteiger charge is -2.27. The Labute approximate surface area is 112 Å². The third kappa shape index (κ3) is 5.19. The normalized spacial score (nSPS) is 13.2. The van der Waals surface area contributed by atoms with Crippen molar-refractivity contribution in [2.75, 3.05) is 13.6 Å². The number of hydrogen-bond donors (Lipinski definition) is 1. The van der Waals surface area contributed by atoms with Gasteiger partial charge in [0.15, 0.2) is 0 Å². The largest absolute Gasteiger partial charge is 0.312 e. The molecule has 0 radical (unpaired) electrons. The smallest absolute Gasteiger partial charge is 0.0234 e. The molecule has 0 heterocycles. The van der Waals surface area contributed by atoms with Crippen LogP contribution in [0.3, 0.4) is 0 Å². The molecule has 0 fully saturated rings. The third-order valence-corrected chi connectivity index (χ3v) is 3.71. The summed E-state index contributed by atoms with van der Waals surface area (Å²) in [7, 11) is 2.20. The Hall–Kier alpha value is -0.860. The minimum Gasteiger partial charge on any atom is -0.312 e. The van der Waals surface area contributed by atoms with Crippen molar-refractivity contribution in [2.45, 2.75) is 52.2 Å². The summed E-state index contributed by atoms with van der Waals surface area (Å²) >= 11 is 0. The standard InChI is InChI=1S/C16H28N2/c1-5-16(6-2)17-12-14(3)18(4)13-15-10-8-7-9-11-15/h7-11,14,16-17H,5-6,12-13H2,1-4H3. The van der Waals surface area contributed by atoms with Crippen molar-refractivity contribution in [3.63, 3.8) is 0 Å². The summed E-state index contributed by atoms with van der Waals surface area (Å²) in [4.78, 5) is 2.41. The van der Waals surface area contributed by atoms with Gasteiger partial charge in [0, 0.05) is 25.2 Å². The number of nitrogens with zero attached hydrogens (tertiary/aromatic N) is 1. The zero-order valence-corrected chi connectivity index (χ0v) is 12.3. The van der Waals surface area contributed by atoms with Crippen LogP contribution in [0.15, 0.2) is 30.3 Å². The Morgan fingerprint density at radius 3 is 2.28 bits per heavy atom. The third-order valence-electron chi connectivity index (χ3n) is 3.71. The van der Waals surface area contributed by atoms with E-state index in [9.17, 15) is 0 Å². The second-order valence-corrected chi connectivity index (χ2v) is 5.17. The van der Waals surface area contributed by atoms with E-state index in [1.54, 1.807) is 0 Å². The SMILES string of the molecule is CCC(CC)NCC(C)N(C)Cc1ccccc1. The van der Waals surface area contributed by atoms with Crippen LogP contribution in [0, 0.1) is 0 Å².